The van der Waals surface area contributed by atoms with Crippen molar-refractivity contribution in [2.24, 2.45) is 0 Å². The van der Waals surface area contributed by atoms with E-state index in [-0.39, 0.29) is 10.5 Å². The first kappa shape index (κ1) is 14.3. The second kappa shape index (κ2) is 5.27. The molecule has 3 aromatic rings. The molecule has 112 valence electrons. The summed E-state index contributed by atoms with van der Waals surface area (Å²) < 4.78 is 22.8. The number of nitrogens with one attached hydrogen (secondary N) is 2. The highest BCUT2D eigenvalue weighted by Crippen LogP contribution is 2.19. The average Bonchev–Trinajstić information content (AvgIpc) is 2.48. The van der Waals surface area contributed by atoms with Crippen LogP contribution in [0.5, 0.6) is 0 Å². The van der Waals surface area contributed by atoms with Crippen molar-refractivity contribution >= 4 is 32.1 Å². The lowest BCUT2D eigenvalue weighted by Crippen LogP contribution is -2.05. The topological polar surface area (TPSA) is 91.9 Å². The normalized spacial score (nSPS) is 11.5. The van der Waals surface area contributed by atoms with E-state index in [1.54, 1.807) is 36.7 Å². The molecule has 0 saturated heterocycles. The fourth-order valence-electron chi connectivity index (χ4n) is 2.08. The lowest BCUT2D eigenvalue weighted by Gasteiger charge is -2.07. The van der Waals surface area contributed by atoms with Gasteiger partial charge in [-0.25, -0.2) is 13.4 Å². The van der Waals surface area contributed by atoms with Gasteiger partial charge in [-0.05, 0) is 36.4 Å². The van der Waals surface area contributed by atoms with Crippen LogP contribution in [0, 0.1) is 0 Å². The Labute approximate surface area is 126 Å². The molecule has 0 atom stereocenters. The first-order valence-electron chi connectivity index (χ1n) is 6.48. The van der Waals surface area contributed by atoms with Crippen LogP contribution in [-0.4, -0.2) is 24.6 Å². The summed E-state index contributed by atoms with van der Waals surface area (Å²) in [5, 5.41) is 4.33. The van der Waals surface area contributed by atoms with E-state index in [1.165, 1.54) is 12.1 Å². The van der Waals surface area contributed by atoms with E-state index in [0.29, 0.717) is 16.9 Å². The lowest BCUT2D eigenvalue weighted by atomic mass is 10.2. The highest BCUT2D eigenvalue weighted by atomic mass is 32.2. The number of hydrogen-bond acceptors (Lipinski definition) is 5. The number of nitrogens with zero attached hydrogens (tertiary/aromatic N) is 1. The van der Waals surface area contributed by atoms with Crippen LogP contribution in [0.25, 0.3) is 10.8 Å². The summed E-state index contributed by atoms with van der Waals surface area (Å²) >= 11 is 0. The average molecular weight is 315 g/mol. The Kier molecular flexibility index (Phi) is 3.42. The number of H-pyrrole nitrogens is 1. The molecule has 2 aromatic heterocycles. The predicted molar refractivity (Wildman–Crippen MR) is 85.2 cm³/mol. The van der Waals surface area contributed by atoms with Gasteiger partial charge in [0.1, 0.15) is 5.82 Å². The molecule has 0 aliphatic rings. The number of rotatable bonds is 3. The number of benzene rings is 1. The smallest absolute Gasteiger partial charge is 0.255 e. The highest BCUT2D eigenvalue weighted by molar-refractivity contribution is 7.90. The summed E-state index contributed by atoms with van der Waals surface area (Å²) in [4.78, 5) is 18.9. The van der Waals surface area contributed by atoms with E-state index in [9.17, 15) is 13.2 Å². The first-order valence-corrected chi connectivity index (χ1v) is 8.37. The Hall–Kier alpha value is -2.67. The van der Waals surface area contributed by atoms with Crippen LogP contribution in [0.15, 0.2) is 58.5 Å². The molecule has 2 N–H and O–H groups in total. The molecule has 2 heterocycles. The van der Waals surface area contributed by atoms with Gasteiger partial charge in [0.15, 0.2) is 9.84 Å². The molecule has 0 radical (unpaired) electrons. The molecule has 0 fully saturated rings. The van der Waals surface area contributed by atoms with Crippen molar-refractivity contribution in [1.82, 2.24) is 9.97 Å². The Bertz CT molecular complexity index is 992. The van der Waals surface area contributed by atoms with E-state index in [2.05, 4.69) is 15.3 Å². The van der Waals surface area contributed by atoms with Gasteiger partial charge in [-0.1, -0.05) is 0 Å². The maximum Gasteiger partial charge on any atom is 0.255 e. The summed E-state index contributed by atoms with van der Waals surface area (Å²) in [6.45, 7) is 0. The molecule has 0 unspecified atom stereocenters. The molecule has 0 amide bonds. The fourth-order valence-corrected chi connectivity index (χ4v) is 2.71. The van der Waals surface area contributed by atoms with E-state index in [0.717, 1.165) is 11.6 Å². The zero-order valence-corrected chi connectivity index (χ0v) is 12.5. The Balaban J connectivity index is 1.93. The third kappa shape index (κ3) is 2.84. The van der Waals surface area contributed by atoms with Crippen molar-refractivity contribution in [2.45, 2.75) is 4.90 Å². The third-order valence-corrected chi connectivity index (χ3v) is 4.34. The van der Waals surface area contributed by atoms with Crippen molar-refractivity contribution in [3.8, 4) is 0 Å². The molecule has 0 spiro atoms. The molecule has 0 bridgehead atoms. The molecule has 1 aromatic carbocycles. The van der Waals surface area contributed by atoms with Crippen molar-refractivity contribution in [3.05, 3.63) is 59.1 Å². The van der Waals surface area contributed by atoms with Crippen LogP contribution in [0.4, 0.5) is 11.5 Å². The summed E-state index contributed by atoms with van der Waals surface area (Å²) in [6, 6.07) is 9.76. The molecular weight excluding hydrogens is 302 g/mol. The zero-order valence-electron chi connectivity index (χ0n) is 11.7. The number of aromatic amines is 1. The van der Waals surface area contributed by atoms with Gasteiger partial charge in [0.05, 0.1) is 10.3 Å². The van der Waals surface area contributed by atoms with Crippen LogP contribution >= 0.6 is 0 Å². The first-order chi connectivity index (χ1) is 10.4. The standard InChI is InChI=1S/C15H13N3O3S/c1-22(20,21)12-4-2-11(3-5-12)18-14-8-13-10(9-17-14)6-7-16-15(13)19/h2-9H,1H3,(H,16,19)(H,17,18). The molecule has 0 saturated carbocycles. The Morgan fingerprint density at radius 3 is 2.55 bits per heavy atom. The third-order valence-electron chi connectivity index (χ3n) is 3.21. The Morgan fingerprint density at radius 1 is 1.14 bits per heavy atom. The minimum atomic E-state index is -3.22. The molecule has 6 nitrogen and oxygen atoms in total. The number of anilines is 2. The van der Waals surface area contributed by atoms with Crippen LogP contribution in [0.3, 0.4) is 0 Å². The summed E-state index contributed by atoms with van der Waals surface area (Å²) in [5.41, 5.74) is 0.502. The van der Waals surface area contributed by atoms with Crippen LogP contribution in [0.1, 0.15) is 0 Å². The molecular formula is C15H13N3O3S. The van der Waals surface area contributed by atoms with Crippen molar-refractivity contribution in [3.63, 3.8) is 0 Å². The van der Waals surface area contributed by atoms with Gasteiger partial charge >= 0.3 is 0 Å². The second-order valence-corrected chi connectivity index (χ2v) is 6.90. The van der Waals surface area contributed by atoms with E-state index >= 15 is 0 Å². The van der Waals surface area contributed by atoms with Gasteiger partial charge in [-0.3, -0.25) is 4.79 Å². The maximum atomic E-state index is 11.8. The SMILES string of the molecule is CS(=O)(=O)c1ccc(Nc2cc3c(=O)[nH]ccc3cn2)cc1. The van der Waals surface area contributed by atoms with Gasteiger partial charge in [0.25, 0.3) is 5.56 Å². The quantitative estimate of drug-likeness (QED) is 0.772. The largest absolute Gasteiger partial charge is 0.340 e. The monoisotopic (exact) mass is 315 g/mol. The maximum absolute atomic E-state index is 11.8. The van der Waals surface area contributed by atoms with Gasteiger partial charge in [0, 0.05) is 29.7 Å². The fraction of sp³-hybridized carbons (Fsp3) is 0.0667. The number of pyridine rings is 2. The molecule has 0 aliphatic heterocycles. The minimum Gasteiger partial charge on any atom is -0.340 e. The molecule has 22 heavy (non-hydrogen) atoms. The van der Waals surface area contributed by atoms with Crippen molar-refractivity contribution < 1.29 is 8.42 Å². The number of sulfone groups is 1. The number of fused-ring (bicyclic) bond motifs is 1. The van der Waals surface area contributed by atoms with Crippen LogP contribution in [-0.2, 0) is 9.84 Å². The van der Waals surface area contributed by atoms with E-state index in [4.69, 9.17) is 0 Å². The molecule has 3 rings (SSSR count). The Morgan fingerprint density at radius 2 is 1.86 bits per heavy atom. The van der Waals surface area contributed by atoms with Crippen LogP contribution in [0.2, 0.25) is 0 Å². The van der Waals surface area contributed by atoms with E-state index < -0.39 is 9.84 Å². The summed E-state index contributed by atoms with van der Waals surface area (Å²) in [6.07, 6.45) is 4.34. The minimum absolute atomic E-state index is 0.185. The predicted octanol–water partition coefficient (Wildman–Crippen LogP) is 2.07. The van der Waals surface area contributed by atoms with Gasteiger partial charge in [-0.2, -0.15) is 0 Å². The lowest BCUT2D eigenvalue weighted by molar-refractivity contribution is 0.602. The summed E-state index contributed by atoms with van der Waals surface area (Å²) in [5.74, 6) is 0.510. The summed E-state index contributed by atoms with van der Waals surface area (Å²) in [7, 11) is -3.22. The van der Waals surface area contributed by atoms with E-state index in [1.807, 2.05) is 0 Å². The number of hydrogen-bond donors (Lipinski definition) is 2. The molecule has 0 aliphatic carbocycles. The van der Waals surface area contributed by atoms with Crippen molar-refractivity contribution in [1.29, 1.82) is 0 Å². The number of aromatic nitrogens is 2. The van der Waals surface area contributed by atoms with Gasteiger partial charge in [-0.15, -0.1) is 0 Å². The van der Waals surface area contributed by atoms with Gasteiger partial charge in [0.2, 0.25) is 0 Å². The van der Waals surface area contributed by atoms with Crippen LogP contribution < -0.4 is 10.9 Å². The van der Waals surface area contributed by atoms with Crippen molar-refractivity contribution in [2.75, 3.05) is 11.6 Å². The highest BCUT2D eigenvalue weighted by Gasteiger charge is 2.07. The molecule has 7 heteroatoms. The van der Waals surface area contributed by atoms with Gasteiger partial charge < -0.3 is 10.3 Å². The zero-order chi connectivity index (χ0) is 15.7. The second-order valence-electron chi connectivity index (χ2n) is 4.89.